The normalized spacial score (nSPS) is 9.88. The molecule has 0 aliphatic carbocycles. The van der Waals surface area contributed by atoms with E-state index < -0.39 is 0 Å². The molecule has 3 heteroatoms. The van der Waals surface area contributed by atoms with Crippen molar-refractivity contribution in [1.29, 1.82) is 5.41 Å². The molecule has 0 bridgehead atoms. The third-order valence-electron chi connectivity index (χ3n) is 2.43. The van der Waals surface area contributed by atoms with Crippen LogP contribution < -0.4 is 4.74 Å². The van der Waals surface area contributed by atoms with Gasteiger partial charge in [0.05, 0.1) is 0 Å². The zero-order valence-electron chi connectivity index (χ0n) is 9.26. The van der Waals surface area contributed by atoms with Gasteiger partial charge in [0.2, 0.25) is 0 Å². The summed E-state index contributed by atoms with van der Waals surface area (Å²) in [7, 11) is 0. The van der Waals surface area contributed by atoms with Gasteiger partial charge in [-0.1, -0.05) is 18.2 Å². The van der Waals surface area contributed by atoms with E-state index in [0.29, 0.717) is 6.61 Å². The number of hydrogen-bond acceptors (Lipinski definition) is 3. The molecular weight excluding hydrogens is 214 g/mol. The Hall–Kier alpha value is -2.29. The van der Waals surface area contributed by atoms with Gasteiger partial charge in [0, 0.05) is 11.8 Å². The second-order valence-corrected chi connectivity index (χ2v) is 3.63. The van der Waals surface area contributed by atoms with E-state index in [9.17, 15) is 5.11 Å². The number of aromatic hydroxyl groups is 1. The zero-order valence-corrected chi connectivity index (χ0v) is 9.26. The molecule has 0 fully saturated rings. The van der Waals surface area contributed by atoms with Crippen molar-refractivity contribution < 1.29 is 9.84 Å². The highest BCUT2D eigenvalue weighted by Crippen LogP contribution is 2.19. The first-order chi connectivity index (χ1) is 8.29. The summed E-state index contributed by atoms with van der Waals surface area (Å²) in [6.07, 6.45) is 1.28. The van der Waals surface area contributed by atoms with Crippen LogP contribution in [0.25, 0.3) is 0 Å². The maximum atomic E-state index is 9.56. The Bertz CT molecular complexity index is 506. The minimum Gasteiger partial charge on any atom is -0.508 e. The third kappa shape index (κ3) is 2.84. The van der Waals surface area contributed by atoms with Crippen LogP contribution in [0.3, 0.4) is 0 Å². The van der Waals surface area contributed by atoms with Crippen molar-refractivity contribution in [3.05, 3.63) is 59.7 Å². The molecule has 2 aromatic carbocycles. The predicted octanol–water partition coefficient (Wildman–Crippen LogP) is 2.97. The molecule has 2 N–H and O–H groups in total. The summed E-state index contributed by atoms with van der Waals surface area (Å²) in [5, 5.41) is 16.6. The van der Waals surface area contributed by atoms with Crippen LogP contribution >= 0.6 is 0 Å². The fourth-order valence-corrected chi connectivity index (χ4v) is 1.45. The number of hydrogen-bond donors (Lipinski definition) is 2. The van der Waals surface area contributed by atoms with Crippen molar-refractivity contribution >= 4 is 6.21 Å². The molecule has 3 nitrogen and oxygen atoms in total. The summed E-state index contributed by atoms with van der Waals surface area (Å²) in [6, 6.07) is 14.3. The Balaban J connectivity index is 2.02. The molecule has 0 aliphatic rings. The summed E-state index contributed by atoms with van der Waals surface area (Å²) in [4.78, 5) is 0. The highest BCUT2D eigenvalue weighted by molar-refractivity contribution is 5.76. The van der Waals surface area contributed by atoms with Gasteiger partial charge < -0.3 is 15.3 Å². The van der Waals surface area contributed by atoms with Crippen LogP contribution in [-0.2, 0) is 6.61 Å². The Morgan fingerprint density at radius 2 is 1.76 bits per heavy atom. The number of nitrogens with one attached hydrogen (secondary N) is 1. The molecule has 0 radical (unpaired) electrons. The molecule has 2 rings (SSSR count). The van der Waals surface area contributed by atoms with Crippen molar-refractivity contribution in [3.8, 4) is 11.5 Å². The van der Waals surface area contributed by atoms with E-state index in [4.69, 9.17) is 10.1 Å². The van der Waals surface area contributed by atoms with E-state index >= 15 is 0 Å². The van der Waals surface area contributed by atoms with E-state index in [1.807, 2.05) is 24.3 Å². The molecule has 0 aliphatic heterocycles. The first-order valence-corrected chi connectivity index (χ1v) is 5.30. The molecule has 0 unspecified atom stereocenters. The molecule has 0 saturated carbocycles. The first kappa shape index (κ1) is 11.2. The van der Waals surface area contributed by atoms with Crippen molar-refractivity contribution in [1.82, 2.24) is 0 Å². The maximum Gasteiger partial charge on any atom is 0.122 e. The van der Waals surface area contributed by atoms with Gasteiger partial charge in [-0.2, -0.15) is 0 Å². The lowest BCUT2D eigenvalue weighted by molar-refractivity contribution is 0.299. The molecule has 86 valence electrons. The Morgan fingerprint density at radius 3 is 2.41 bits per heavy atom. The lowest BCUT2D eigenvalue weighted by Crippen LogP contribution is -1.95. The first-order valence-electron chi connectivity index (χ1n) is 5.30. The van der Waals surface area contributed by atoms with Crippen molar-refractivity contribution in [2.24, 2.45) is 0 Å². The van der Waals surface area contributed by atoms with E-state index in [1.165, 1.54) is 6.21 Å². The molecule has 0 heterocycles. The molecular formula is C14H13NO2. The number of para-hydroxylation sites is 1. The van der Waals surface area contributed by atoms with Gasteiger partial charge in [-0.05, 0) is 35.9 Å². The molecule has 0 spiro atoms. The minimum atomic E-state index is 0.239. The average molecular weight is 227 g/mol. The fourth-order valence-electron chi connectivity index (χ4n) is 1.45. The third-order valence-corrected chi connectivity index (χ3v) is 2.43. The summed E-state index contributed by atoms with van der Waals surface area (Å²) in [6.45, 7) is 0.330. The summed E-state index contributed by atoms with van der Waals surface area (Å²) < 4.78 is 5.54. The average Bonchev–Trinajstić information content (AvgIpc) is 2.38. The van der Waals surface area contributed by atoms with Crippen LogP contribution in [0.5, 0.6) is 11.5 Å². The van der Waals surface area contributed by atoms with E-state index in [-0.39, 0.29) is 5.75 Å². The molecule has 17 heavy (non-hydrogen) atoms. The molecule has 0 amide bonds. The van der Waals surface area contributed by atoms with Crippen molar-refractivity contribution in [2.75, 3.05) is 0 Å². The van der Waals surface area contributed by atoms with Crippen LogP contribution in [0, 0.1) is 5.41 Å². The minimum absolute atomic E-state index is 0.239. The summed E-state index contributed by atoms with van der Waals surface area (Å²) >= 11 is 0. The largest absolute Gasteiger partial charge is 0.508 e. The standard InChI is InChI=1S/C14H13NO2/c15-9-11-5-7-13(8-6-11)17-10-12-3-1-2-4-14(12)16/h1-9,15-16H,10H2. The Morgan fingerprint density at radius 1 is 1.06 bits per heavy atom. The van der Waals surface area contributed by atoms with Crippen molar-refractivity contribution in [2.45, 2.75) is 6.61 Å². The van der Waals surface area contributed by atoms with E-state index in [0.717, 1.165) is 16.9 Å². The smallest absolute Gasteiger partial charge is 0.122 e. The van der Waals surface area contributed by atoms with E-state index in [2.05, 4.69) is 0 Å². The highest BCUT2D eigenvalue weighted by atomic mass is 16.5. The van der Waals surface area contributed by atoms with Crippen LogP contribution in [0.15, 0.2) is 48.5 Å². The van der Waals surface area contributed by atoms with Gasteiger partial charge in [-0.25, -0.2) is 0 Å². The monoisotopic (exact) mass is 227 g/mol. The maximum absolute atomic E-state index is 9.56. The zero-order chi connectivity index (χ0) is 12.1. The quantitative estimate of drug-likeness (QED) is 0.789. The topological polar surface area (TPSA) is 53.3 Å². The SMILES string of the molecule is N=Cc1ccc(OCc2ccccc2O)cc1. The lowest BCUT2D eigenvalue weighted by Gasteiger charge is -2.07. The molecule has 0 atom stereocenters. The number of benzene rings is 2. The van der Waals surface area contributed by atoms with Gasteiger partial charge >= 0.3 is 0 Å². The van der Waals surface area contributed by atoms with Gasteiger partial charge in [0.15, 0.2) is 0 Å². The van der Waals surface area contributed by atoms with Crippen LogP contribution in [0.4, 0.5) is 0 Å². The number of phenols is 1. The summed E-state index contributed by atoms with van der Waals surface area (Å²) in [5.41, 5.74) is 1.59. The van der Waals surface area contributed by atoms with Crippen molar-refractivity contribution in [3.63, 3.8) is 0 Å². The predicted molar refractivity (Wildman–Crippen MR) is 66.8 cm³/mol. The second-order valence-electron chi connectivity index (χ2n) is 3.63. The Labute approximate surface area is 99.8 Å². The number of rotatable bonds is 4. The van der Waals surface area contributed by atoms with Gasteiger partial charge in [-0.3, -0.25) is 0 Å². The van der Waals surface area contributed by atoms with Crippen LogP contribution in [-0.4, -0.2) is 11.3 Å². The van der Waals surface area contributed by atoms with Gasteiger partial charge in [-0.15, -0.1) is 0 Å². The summed E-state index contributed by atoms with van der Waals surface area (Å²) in [5.74, 6) is 0.961. The lowest BCUT2D eigenvalue weighted by atomic mass is 10.2. The fraction of sp³-hybridized carbons (Fsp3) is 0.0714. The molecule has 0 aromatic heterocycles. The Kier molecular flexibility index (Phi) is 3.40. The van der Waals surface area contributed by atoms with E-state index in [1.54, 1.807) is 24.3 Å². The highest BCUT2D eigenvalue weighted by Gasteiger charge is 2.00. The second kappa shape index (κ2) is 5.16. The van der Waals surface area contributed by atoms with Gasteiger partial charge in [0.25, 0.3) is 0 Å². The molecule has 0 saturated heterocycles. The van der Waals surface area contributed by atoms with Crippen LogP contribution in [0.2, 0.25) is 0 Å². The van der Waals surface area contributed by atoms with Crippen LogP contribution in [0.1, 0.15) is 11.1 Å². The number of ether oxygens (including phenoxy) is 1. The molecule has 2 aromatic rings. The van der Waals surface area contributed by atoms with Gasteiger partial charge in [0.1, 0.15) is 18.1 Å². The number of phenolic OH excluding ortho intramolecular Hbond substituents is 1.